The molecule has 1 rings (SSSR count). The molecule has 0 amide bonds. The number of hydrogen-bond acceptors (Lipinski definition) is 3. The summed E-state index contributed by atoms with van der Waals surface area (Å²) < 4.78 is 6.10. The lowest BCUT2D eigenvalue weighted by atomic mass is 9.84. The van der Waals surface area contributed by atoms with Gasteiger partial charge in [-0.1, -0.05) is 26.8 Å². The Hall–Kier alpha value is -0.583. The molecule has 0 saturated heterocycles. The van der Waals surface area contributed by atoms with E-state index in [1.807, 2.05) is 6.08 Å². The summed E-state index contributed by atoms with van der Waals surface area (Å²) in [6.45, 7) is 11.4. The minimum atomic E-state index is -1.08. The molecule has 1 aliphatic heterocycles. The van der Waals surface area contributed by atoms with Crippen LogP contribution in [0.15, 0.2) is 23.9 Å². The molecule has 16 heavy (non-hydrogen) atoms. The molecule has 0 radical (unpaired) electrons. The van der Waals surface area contributed by atoms with Gasteiger partial charge in [0, 0.05) is 6.20 Å². The van der Waals surface area contributed by atoms with Gasteiger partial charge < -0.3 is 4.43 Å². The van der Waals surface area contributed by atoms with Crippen LogP contribution < -0.4 is 0 Å². The second-order valence-electron chi connectivity index (χ2n) is 5.61. The van der Waals surface area contributed by atoms with Gasteiger partial charge in [0.25, 0.3) is 0 Å². The topological polar surface area (TPSA) is 32.7 Å². The average Bonchev–Trinajstić information content (AvgIpc) is 2.12. The van der Waals surface area contributed by atoms with Gasteiger partial charge in [0.05, 0.1) is 12.6 Å². The maximum absolute atomic E-state index is 9.49. The highest BCUT2D eigenvalue weighted by Gasteiger charge is 2.30. The fourth-order valence-corrected chi connectivity index (χ4v) is 2.98. The Morgan fingerprint density at radius 2 is 2.06 bits per heavy atom. The van der Waals surface area contributed by atoms with E-state index in [2.05, 4.69) is 39.9 Å². The van der Waals surface area contributed by atoms with Crippen LogP contribution in [0.25, 0.3) is 0 Å². The highest BCUT2D eigenvalue weighted by atomic mass is 28.3. The molecule has 1 atom stereocenters. The summed E-state index contributed by atoms with van der Waals surface area (Å²) in [7, 11) is -1.08. The Kier molecular flexibility index (Phi) is 4.35. The van der Waals surface area contributed by atoms with Crippen LogP contribution in [0, 0.1) is 5.41 Å². The van der Waals surface area contributed by atoms with E-state index in [0.29, 0.717) is 6.54 Å². The molecule has 0 bridgehead atoms. The Morgan fingerprint density at radius 3 is 2.50 bits per heavy atom. The first-order valence-electron chi connectivity index (χ1n) is 5.79. The molecule has 0 saturated carbocycles. The lowest BCUT2D eigenvalue weighted by molar-refractivity contribution is -0.0397. The molecule has 0 aliphatic carbocycles. The van der Waals surface area contributed by atoms with Crippen LogP contribution >= 0.6 is 0 Å². The summed E-state index contributed by atoms with van der Waals surface area (Å²) in [6, 6.07) is 0. The molecule has 92 valence electrons. The minimum absolute atomic E-state index is 0.0646. The van der Waals surface area contributed by atoms with Crippen molar-refractivity contribution >= 4 is 9.04 Å². The number of hydrogen-bond donors (Lipinski definition) is 1. The van der Waals surface area contributed by atoms with Crippen molar-refractivity contribution in [3.63, 3.8) is 0 Å². The largest absolute Gasteiger partial charge is 0.413 e. The smallest absolute Gasteiger partial charge is 0.171 e. The maximum atomic E-state index is 9.49. The van der Waals surface area contributed by atoms with Crippen molar-refractivity contribution < 1.29 is 9.63 Å². The average molecular weight is 241 g/mol. The Labute approximate surface area is 100 Å². The number of nitrogens with zero attached hydrogens (tertiary/aromatic N) is 1. The standard InChI is InChI=1S/C12H23NO2Si/c1-12(2,3)11(15-16(4)5)10-7-6-8-13(14)9-10/h6-8,11,14,16H,9H2,1-5H3. The van der Waals surface area contributed by atoms with Crippen LogP contribution in [0.3, 0.4) is 0 Å². The fraction of sp³-hybridized carbons (Fsp3) is 0.667. The Morgan fingerprint density at radius 1 is 1.44 bits per heavy atom. The molecule has 1 N–H and O–H groups in total. The second-order valence-corrected chi connectivity index (χ2v) is 7.98. The molecule has 1 aliphatic rings. The Balaban J connectivity index is 2.85. The summed E-state index contributed by atoms with van der Waals surface area (Å²) in [4.78, 5) is 0. The van der Waals surface area contributed by atoms with Gasteiger partial charge in [-0.15, -0.1) is 0 Å². The predicted molar refractivity (Wildman–Crippen MR) is 68.9 cm³/mol. The number of rotatable bonds is 3. The third-order valence-electron chi connectivity index (χ3n) is 2.44. The first-order valence-corrected chi connectivity index (χ1v) is 8.57. The van der Waals surface area contributed by atoms with E-state index in [4.69, 9.17) is 4.43 Å². The second kappa shape index (κ2) is 5.16. The van der Waals surface area contributed by atoms with Gasteiger partial charge in [0.1, 0.15) is 0 Å². The summed E-state index contributed by atoms with van der Waals surface area (Å²) in [5, 5.41) is 10.7. The van der Waals surface area contributed by atoms with Crippen LogP contribution in [0.1, 0.15) is 20.8 Å². The lowest BCUT2D eigenvalue weighted by Crippen LogP contribution is -2.38. The molecule has 1 heterocycles. The third-order valence-corrected chi connectivity index (χ3v) is 3.26. The highest BCUT2D eigenvalue weighted by molar-refractivity contribution is 6.48. The maximum Gasteiger partial charge on any atom is 0.171 e. The zero-order valence-corrected chi connectivity index (χ0v) is 12.1. The van der Waals surface area contributed by atoms with E-state index in [1.54, 1.807) is 6.20 Å². The van der Waals surface area contributed by atoms with E-state index < -0.39 is 9.04 Å². The van der Waals surface area contributed by atoms with Crippen molar-refractivity contribution in [3.8, 4) is 0 Å². The lowest BCUT2D eigenvalue weighted by Gasteiger charge is -2.36. The number of allylic oxidation sites excluding steroid dienone is 2. The van der Waals surface area contributed by atoms with Crippen molar-refractivity contribution in [3.05, 3.63) is 23.9 Å². The van der Waals surface area contributed by atoms with E-state index in [0.717, 1.165) is 5.57 Å². The van der Waals surface area contributed by atoms with Gasteiger partial charge in [0.2, 0.25) is 0 Å². The van der Waals surface area contributed by atoms with Gasteiger partial charge in [-0.25, -0.2) is 0 Å². The van der Waals surface area contributed by atoms with E-state index in [1.165, 1.54) is 5.06 Å². The zero-order valence-electron chi connectivity index (χ0n) is 10.9. The van der Waals surface area contributed by atoms with E-state index in [-0.39, 0.29) is 11.5 Å². The van der Waals surface area contributed by atoms with E-state index >= 15 is 0 Å². The summed E-state index contributed by atoms with van der Waals surface area (Å²) in [5.41, 5.74) is 1.22. The van der Waals surface area contributed by atoms with Crippen molar-refractivity contribution in [1.82, 2.24) is 5.06 Å². The van der Waals surface area contributed by atoms with Crippen LogP contribution in [0.2, 0.25) is 13.1 Å². The van der Waals surface area contributed by atoms with Crippen molar-refractivity contribution in [1.29, 1.82) is 0 Å². The van der Waals surface area contributed by atoms with Crippen molar-refractivity contribution in [2.75, 3.05) is 6.54 Å². The highest BCUT2D eigenvalue weighted by Crippen LogP contribution is 2.30. The van der Waals surface area contributed by atoms with Gasteiger partial charge in [-0.3, -0.25) is 10.3 Å². The summed E-state index contributed by atoms with van der Waals surface area (Å²) in [6.07, 6.45) is 5.68. The molecule has 4 heteroatoms. The van der Waals surface area contributed by atoms with Gasteiger partial charge >= 0.3 is 0 Å². The molecule has 0 fully saturated rings. The molecule has 1 unspecified atom stereocenters. The molecule has 0 aromatic rings. The monoisotopic (exact) mass is 241 g/mol. The molecule has 0 spiro atoms. The number of hydroxylamine groups is 2. The van der Waals surface area contributed by atoms with Gasteiger partial charge in [0.15, 0.2) is 9.04 Å². The molecule has 0 aromatic carbocycles. The molecular formula is C12H23NO2Si. The summed E-state index contributed by atoms with van der Waals surface area (Å²) in [5.74, 6) is 0. The SMILES string of the molecule is C[SiH](C)OC(C1=CC=CN(O)C1)C(C)(C)C. The van der Waals surface area contributed by atoms with Crippen LogP contribution in [0.5, 0.6) is 0 Å². The molecule has 0 aromatic heterocycles. The van der Waals surface area contributed by atoms with Crippen LogP contribution in [-0.4, -0.2) is 32.0 Å². The fourth-order valence-electron chi connectivity index (χ4n) is 1.85. The van der Waals surface area contributed by atoms with E-state index in [9.17, 15) is 5.21 Å². The Bertz CT molecular complexity index is 292. The zero-order chi connectivity index (χ0) is 12.3. The van der Waals surface area contributed by atoms with Crippen LogP contribution in [-0.2, 0) is 4.43 Å². The van der Waals surface area contributed by atoms with Crippen LogP contribution in [0.4, 0.5) is 0 Å². The molecular weight excluding hydrogens is 218 g/mol. The van der Waals surface area contributed by atoms with Gasteiger partial charge in [-0.05, 0) is 30.2 Å². The minimum Gasteiger partial charge on any atom is -0.413 e. The third kappa shape index (κ3) is 3.77. The van der Waals surface area contributed by atoms with Crippen molar-refractivity contribution in [2.24, 2.45) is 5.41 Å². The molecule has 3 nitrogen and oxygen atoms in total. The van der Waals surface area contributed by atoms with Crippen molar-refractivity contribution in [2.45, 2.75) is 40.0 Å². The summed E-state index contributed by atoms with van der Waals surface area (Å²) >= 11 is 0. The quantitative estimate of drug-likeness (QED) is 0.771. The normalized spacial score (nSPS) is 18.9. The first-order chi connectivity index (χ1) is 7.30. The van der Waals surface area contributed by atoms with Gasteiger partial charge in [-0.2, -0.15) is 0 Å². The first kappa shape index (κ1) is 13.5. The predicted octanol–water partition coefficient (Wildman–Crippen LogP) is 2.55.